The first-order valence-electron chi connectivity index (χ1n) is 6.63. The van der Waals surface area contributed by atoms with Gasteiger partial charge in [0.25, 0.3) is 0 Å². The molecular weight excluding hydrogens is 274 g/mol. The van der Waals surface area contributed by atoms with Gasteiger partial charge in [0, 0.05) is 28.5 Å². The number of aromatic nitrogens is 2. The van der Waals surface area contributed by atoms with Crippen LogP contribution >= 0.6 is 11.6 Å². The predicted octanol–water partition coefficient (Wildman–Crippen LogP) is 3.52. The predicted molar refractivity (Wildman–Crippen MR) is 81.1 cm³/mol. The number of rotatable bonds is 5. The van der Waals surface area contributed by atoms with Crippen LogP contribution in [0.15, 0.2) is 30.5 Å². The molecule has 1 aromatic heterocycles. The highest BCUT2D eigenvalue weighted by Gasteiger charge is 2.12. The van der Waals surface area contributed by atoms with Crippen LogP contribution in [0.25, 0.3) is 0 Å². The maximum atomic E-state index is 12.2. The van der Waals surface area contributed by atoms with Crippen molar-refractivity contribution >= 4 is 23.1 Å². The van der Waals surface area contributed by atoms with Crippen LogP contribution in [-0.2, 0) is 6.42 Å². The van der Waals surface area contributed by atoms with E-state index in [4.69, 9.17) is 17.3 Å². The Bertz CT molecular complexity index is 601. The third kappa shape index (κ3) is 3.39. The smallest absolute Gasteiger partial charge is 0.169 e. The third-order valence-electron chi connectivity index (χ3n) is 3.29. The first kappa shape index (κ1) is 14.6. The lowest BCUT2D eigenvalue weighted by Crippen LogP contribution is -2.08. The van der Waals surface area contributed by atoms with Crippen molar-refractivity contribution in [2.45, 2.75) is 32.7 Å². The quantitative estimate of drug-likeness (QED) is 0.677. The van der Waals surface area contributed by atoms with Crippen LogP contribution in [-0.4, -0.2) is 15.6 Å². The highest BCUT2D eigenvalue weighted by molar-refractivity contribution is 6.31. The van der Waals surface area contributed by atoms with Gasteiger partial charge in [-0.25, -0.2) is 0 Å². The lowest BCUT2D eigenvalue weighted by atomic mass is 10.1. The van der Waals surface area contributed by atoms with Gasteiger partial charge in [-0.05, 0) is 37.6 Å². The summed E-state index contributed by atoms with van der Waals surface area (Å²) in [6.07, 6.45) is 3.16. The van der Waals surface area contributed by atoms with E-state index in [1.54, 1.807) is 18.2 Å². The number of carbonyl (C=O) groups excluding carboxylic acids is 1. The average Bonchev–Trinajstić information content (AvgIpc) is 2.85. The Labute approximate surface area is 123 Å². The van der Waals surface area contributed by atoms with Crippen LogP contribution in [0.1, 0.15) is 42.4 Å². The van der Waals surface area contributed by atoms with Crippen LogP contribution in [0, 0.1) is 0 Å². The minimum atomic E-state index is -0.0337. The first-order chi connectivity index (χ1) is 9.49. The molecule has 1 aromatic carbocycles. The summed E-state index contributed by atoms with van der Waals surface area (Å²) in [5, 5.41) is 4.89. The van der Waals surface area contributed by atoms with Gasteiger partial charge in [-0.15, -0.1) is 0 Å². The van der Waals surface area contributed by atoms with E-state index < -0.39 is 0 Å². The molecular formula is C15H18ClN3O. The number of nitrogen functional groups attached to an aromatic ring is 1. The number of hydrogen-bond acceptors (Lipinski definition) is 3. The lowest BCUT2D eigenvalue weighted by Gasteiger charge is -2.08. The van der Waals surface area contributed by atoms with Crippen molar-refractivity contribution in [2.24, 2.45) is 0 Å². The molecule has 2 aromatic rings. The van der Waals surface area contributed by atoms with Gasteiger partial charge in [0.05, 0.1) is 12.1 Å². The molecule has 2 N–H and O–H groups in total. The fraction of sp³-hybridized carbons (Fsp3) is 0.333. The number of halogens is 1. The molecule has 0 aliphatic carbocycles. The second kappa shape index (κ2) is 6.09. The lowest BCUT2D eigenvalue weighted by molar-refractivity contribution is 0.0991. The minimum absolute atomic E-state index is 0.0337. The van der Waals surface area contributed by atoms with E-state index in [1.807, 2.05) is 16.9 Å². The maximum Gasteiger partial charge on any atom is 0.169 e. The molecule has 0 saturated heterocycles. The molecule has 2 rings (SSSR count). The molecule has 0 spiro atoms. The number of benzene rings is 1. The summed E-state index contributed by atoms with van der Waals surface area (Å²) in [7, 11) is 0. The zero-order valence-electron chi connectivity index (χ0n) is 11.6. The normalized spacial score (nSPS) is 12.3. The van der Waals surface area contributed by atoms with Crippen molar-refractivity contribution in [3.05, 3.63) is 46.7 Å². The number of carbonyl (C=O) groups is 1. The van der Waals surface area contributed by atoms with E-state index in [1.165, 1.54) is 0 Å². The highest BCUT2D eigenvalue weighted by atomic mass is 35.5. The number of nitrogens with two attached hydrogens (primary N) is 1. The molecule has 1 unspecified atom stereocenters. The van der Waals surface area contributed by atoms with E-state index in [2.05, 4.69) is 18.9 Å². The fourth-order valence-electron chi connectivity index (χ4n) is 1.94. The van der Waals surface area contributed by atoms with E-state index in [-0.39, 0.29) is 12.2 Å². The summed E-state index contributed by atoms with van der Waals surface area (Å²) < 4.78 is 1.88. The summed E-state index contributed by atoms with van der Waals surface area (Å²) in [4.78, 5) is 12.2. The maximum absolute atomic E-state index is 12.2. The first-order valence-corrected chi connectivity index (χ1v) is 7.00. The monoisotopic (exact) mass is 291 g/mol. The van der Waals surface area contributed by atoms with Crippen molar-refractivity contribution in [1.82, 2.24) is 9.78 Å². The summed E-state index contributed by atoms with van der Waals surface area (Å²) in [5.74, 6) is -0.0337. The van der Waals surface area contributed by atoms with Crippen LogP contribution in [0.4, 0.5) is 5.69 Å². The van der Waals surface area contributed by atoms with E-state index >= 15 is 0 Å². The van der Waals surface area contributed by atoms with E-state index in [0.29, 0.717) is 22.3 Å². The summed E-state index contributed by atoms with van der Waals surface area (Å²) in [6.45, 7) is 4.20. The Morgan fingerprint density at radius 1 is 1.45 bits per heavy atom. The Hall–Kier alpha value is -1.81. The molecule has 4 nitrogen and oxygen atoms in total. The van der Waals surface area contributed by atoms with Gasteiger partial charge in [0.2, 0.25) is 0 Å². The molecule has 1 atom stereocenters. The van der Waals surface area contributed by atoms with Crippen LogP contribution in [0.3, 0.4) is 0 Å². The number of Topliss-reactive ketones (excluding diaryl/α,β-unsaturated/α-hetero) is 1. The van der Waals surface area contributed by atoms with Gasteiger partial charge in [-0.3, -0.25) is 9.48 Å². The minimum Gasteiger partial charge on any atom is -0.399 e. The number of anilines is 1. The van der Waals surface area contributed by atoms with Crippen molar-refractivity contribution in [2.75, 3.05) is 5.73 Å². The Morgan fingerprint density at radius 2 is 2.20 bits per heavy atom. The molecule has 0 amide bonds. The molecule has 106 valence electrons. The Morgan fingerprint density at radius 3 is 2.85 bits per heavy atom. The summed E-state index contributed by atoms with van der Waals surface area (Å²) >= 11 is 5.91. The number of hydrogen-bond donors (Lipinski definition) is 1. The number of ketones is 1. The Kier molecular flexibility index (Phi) is 4.45. The SMILES string of the molecule is CCC(C)n1ccc(CC(=O)c2cc(N)cc(Cl)c2)n1. The zero-order chi connectivity index (χ0) is 14.7. The van der Waals surface area contributed by atoms with Gasteiger partial charge in [0.1, 0.15) is 0 Å². The van der Waals surface area contributed by atoms with Crippen LogP contribution < -0.4 is 5.73 Å². The highest BCUT2D eigenvalue weighted by Crippen LogP contribution is 2.18. The van der Waals surface area contributed by atoms with E-state index in [9.17, 15) is 4.79 Å². The van der Waals surface area contributed by atoms with Gasteiger partial charge in [0.15, 0.2) is 5.78 Å². The molecule has 0 aliphatic rings. The molecule has 0 fully saturated rings. The number of nitrogens with zero attached hydrogens (tertiary/aromatic N) is 2. The Balaban J connectivity index is 2.13. The van der Waals surface area contributed by atoms with Gasteiger partial charge in [-0.1, -0.05) is 18.5 Å². The summed E-state index contributed by atoms with van der Waals surface area (Å²) in [5.41, 5.74) is 7.47. The molecule has 5 heteroatoms. The largest absolute Gasteiger partial charge is 0.399 e. The van der Waals surface area contributed by atoms with Gasteiger partial charge in [-0.2, -0.15) is 5.10 Å². The molecule has 0 saturated carbocycles. The second-order valence-electron chi connectivity index (χ2n) is 4.92. The zero-order valence-corrected chi connectivity index (χ0v) is 12.4. The van der Waals surface area contributed by atoms with Crippen molar-refractivity contribution in [1.29, 1.82) is 0 Å². The second-order valence-corrected chi connectivity index (χ2v) is 5.35. The van der Waals surface area contributed by atoms with Gasteiger partial charge < -0.3 is 5.73 Å². The molecule has 20 heavy (non-hydrogen) atoms. The van der Waals surface area contributed by atoms with Gasteiger partial charge >= 0.3 is 0 Å². The topological polar surface area (TPSA) is 60.9 Å². The van der Waals surface area contributed by atoms with E-state index in [0.717, 1.165) is 12.1 Å². The fourth-order valence-corrected chi connectivity index (χ4v) is 2.19. The standard InChI is InChI=1S/C15H18ClN3O/c1-3-10(2)19-5-4-14(18-19)9-15(20)11-6-12(16)8-13(17)7-11/h4-8,10H,3,9,17H2,1-2H3. The van der Waals surface area contributed by atoms with Crippen molar-refractivity contribution in [3.8, 4) is 0 Å². The van der Waals surface area contributed by atoms with Crippen molar-refractivity contribution < 1.29 is 4.79 Å². The van der Waals surface area contributed by atoms with Crippen LogP contribution in [0.2, 0.25) is 5.02 Å². The van der Waals surface area contributed by atoms with Crippen LogP contribution in [0.5, 0.6) is 0 Å². The average molecular weight is 292 g/mol. The third-order valence-corrected chi connectivity index (χ3v) is 3.51. The molecule has 0 aliphatic heterocycles. The summed E-state index contributed by atoms with van der Waals surface area (Å²) in [6, 6.07) is 7.10. The van der Waals surface area contributed by atoms with Crippen molar-refractivity contribution in [3.63, 3.8) is 0 Å². The molecule has 0 radical (unpaired) electrons. The molecule has 1 heterocycles. The molecule has 0 bridgehead atoms.